The number of para-hydroxylation sites is 1. The first-order valence-corrected chi connectivity index (χ1v) is 8.74. The molecule has 2 aromatic heterocycles. The Morgan fingerprint density at radius 1 is 1.07 bits per heavy atom. The molecule has 28 heavy (non-hydrogen) atoms. The van der Waals surface area contributed by atoms with Gasteiger partial charge in [-0.3, -0.25) is 9.59 Å². The molecule has 8 heteroatoms. The van der Waals surface area contributed by atoms with Gasteiger partial charge in [-0.1, -0.05) is 36.4 Å². The van der Waals surface area contributed by atoms with E-state index >= 15 is 0 Å². The maximum absolute atomic E-state index is 12.6. The zero-order valence-electron chi connectivity index (χ0n) is 15.2. The van der Waals surface area contributed by atoms with Crippen LogP contribution in [0.5, 0.6) is 5.88 Å². The second-order valence-electron chi connectivity index (χ2n) is 6.61. The lowest BCUT2D eigenvalue weighted by Gasteiger charge is -2.10. The molecule has 1 amide bonds. The van der Waals surface area contributed by atoms with Gasteiger partial charge < -0.3 is 9.67 Å². The van der Waals surface area contributed by atoms with Gasteiger partial charge in [-0.25, -0.2) is 5.10 Å². The molecule has 0 aliphatic carbocycles. The van der Waals surface area contributed by atoms with E-state index in [1.54, 1.807) is 34.9 Å². The van der Waals surface area contributed by atoms with Crippen molar-refractivity contribution in [2.24, 2.45) is 10.2 Å². The molecule has 0 fully saturated rings. The van der Waals surface area contributed by atoms with E-state index in [-0.39, 0.29) is 28.9 Å². The molecule has 2 aromatic carbocycles. The van der Waals surface area contributed by atoms with Crippen LogP contribution in [0.2, 0.25) is 0 Å². The lowest BCUT2D eigenvalue weighted by molar-refractivity contribution is 0.0991. The number of hydrogen-bond acceptors (Lipinski definition) is 5. The van der Waals surface area contributed by atoms with Crippen LogP contribution >= 0.6 is 0 Å². The molecule has 2 heterocycles. The summed E-state index contributed by atoms with van der Waals surface area (Å²) in [6.07, 6.45) is 0. The first-order chi connectivity index (χ1) is 13.5. The van der Waals surface area contributed by atoms with Crippen molar-refractivity contribution in [2.45, 2.75) is 19.9 Å². The summed E-state index contributed by atoms with van der Waals surface area (Å²) >= 11 is 0. The number of carbonyl (C=O) groups excluding carboxylic acids is 1. The van der Waals surface area contributed by atoms with E-state index in [4.69, 9.17) is 0 Å². The van der Waals surface area contributed by atoms with Crippen LogP contribution in [0.1, 0.15) is 30.4 Å². The van der Waals surface area contributed by atoms with Gasteiger partial charge in [-0.15, -0.1) is 10.2 Å². The average molecular weight is 375 g/mol. The number of aromatic nitrogens is 3. The van der Waals surface area contributed by atoms with Crippen LogP contribution in [0, 0.1) is 0 Å². The smallest absolute Gasteiger partial charge is 0.316 e. The molecule has 8 nitrogen and oxygen atoms in total. The number of nitrogens with zero attached hydrogens (tertiary/aromatic N) is 4. The number of benzene rings is 2. The third-order valence-electron chi connectivity index (χ3n) is 4.51. The Bertz CT molecular complexity index is 1300. The highest BCUT2D eigenvalue weighted by Gasteiger charge is 2.19. The number of aromatic amines is 1. The van der Waals surface area contributed by atoms with Gasteiger partial charge in [0.2, 0.25) is 5.88 Å². The fourth-order valence-corrected chi connectivity index (χ4v) is 3.27. The van der Waals surface area contributed by atoms with Crippen molar-refractivity contribution in [2.75, 3.05) is 0 Å². The molecule has 0 saturated carbocycles. The summed E-state index contributed by atoms with van der Waals surface area (Å²) in [5.41, 5.74) is 0.614. The third kappa shape index (κ3) is 2.75. The predicted molar refractivity (Wildman–Crippen MR) is 105 cm³/mol. The SMILES string of the molecule is CC(C)n1c(O)c(N=NC(=O)c2n[nH]c(=O)c3ccccc23)c2ccccc21. The highest BCUT2D eigenvalue weighted by molar-refractivity contribution is 6.05. The molecule has 0 radical (unpaired) electrons. The predicted octanol–water partition coefficient (Wildman–Crippen LogP) is 4.09. The van der Waals surface area contributed by atoms with Crippen LogP contribution in [-0.4, -0.2) is 25.8 Å². The fourth-order valence-electron chi connectivity index (χ4n) is 3.27. The summed E-state index contributed by atoms with van der Waals surface area (Å²) in [6, 6.07) is 14.0. The number of fused-ring (bicyclic) bond motifs is 2. The molecule has 0 atom stereocenters. The molecule has 0 saturated heterocycles. The van der Waals surface area contributed by atoms with Gasteiger partial charge in [0.15, 0.2) is 11.4 Å². The minimum absolute atomic E-state index is 0.00522. The van der Waals surface area contributed by atoms with E-state index < -0.39 is 5.91 Å². The second-order valence-corrected chi connectivity index (χ2v) is 6.61. The Kier molecular flexibility index (Phi) is 4.23. The maximum atomic E-state index is 12.6. The number of rotatable bonds is 3. The number of amides is 1. The first-order valence-electron chi connectivity index (χ1n) is 8.74. The second kappa shape index (κ2) is 6.73. The van der Waals surface area contributed by atoms with Crippen molar-refractivity contribution in [3.63, 3.8) is 0 Å². The van der Waals surface area contributed by atoms with Gasteiger partial charge in [-0.05, 0) is 26.0 Å². The summed E-state index contributed by atoms with van der Waals surface area (Å²) in [4.78, 5) is 24.5. The number of hydrogen-bond donors (Lipinski definition) is 2. The molecule has 4 rings (SSSR count). The van der Waals surface area contributed by atoms with Crippen molar-refractivity contribution in [3.05, 3.63) is 64.6 Å². The summed E-state index contributed by atoms with van der Waals surface area (Å²) < 4.78 is 1.72. The molecule has 0 spiro atoms. The molecule has 0 aliphatic heterocycles. The summed E-state index contributed by atoms with van der Waals surface area (Å²) in [5.74, 6) is -0.778. The van der Waals surface area contributed by atoms with Crippen LogP contribution in [0.4, 0.5) is 5.69 Å². The van der Waals surface area contributed by atoms with Gasteiger partial charge in [0.25, 0.3) is 5.56 Å². The lowest BCUT2D eigenvalue weighted by Crippen LogP contribution is -2.13. The molecular weight excluding hydrogens is 358 g/mol. The van der Waals surface area contributed by atoms with Crippen molar-refractivity contribution in [1.29, 1.82) is 0 Å². The van der Waals surface area contributed by atoms with Crippen molar-refractivity contribution in [3.8, 4) is 5.88 Å². The Balaban J connectivity index is 1.81. The van der Waals surface area contributed by atoms with Gasteiger partial charge in [-0.2, -0.15) is 5.10 Å². The number of azo groups is 1. The average Bonchev–Trinajstić information content (AvgIpc) is 2.98. The molecule has 0 unspecified atom stereocenters. The van der Waals surface area contributed by atoms with Crippen LogP contribution in [0.15, 0.2) is 63.6 Å². The number of nitrogens with one attached hydrogen (secondary N) is 1. The Morgan fingerprint density at radius 2 is 1.71 bits per heavy atom. The highest BCUT2D eigenvalue weighted by atomic mass is 16.3. The minimum atomic E-state index is -0.715. The van der Waals surface area contributed by atoms with E-state index in [0.717, 1.165) is 5.52 Å². The van der Waals surface area contributed by atoms with Gasteiger partial charge in [0.05, 0.1) is 10.9 Å². The first kappa shape index (κ1) is 17.6. The van der Waals surface area contributed by atoms with E-state index in [1.165, 1.54) is 0 Å². The Labute approximate surface area is 159 Å². The van der Waals surface area contributed by atoms with Crippen LogP contribution in [0.3, 0.4) is 0 Å². The molecular formula is C20H17N5O3. The summed E-state index contributed by atoms with van der Waals surface area (Å²) in [6.45, 7) is 3.88. The molecule has 2 N–H and O–H groups in total. The standard InChI is InChI=1S/C20H17N5O3/c1-11(2)25-15-10-6-5-9-14(15)17(20(25)28)22-24-19(27)16-12-7-3-4-8-13(12)18(26)23-21-16/h3-11,28H,1-2H3,(H,23,26). The molecule has 0 bridgehead atoms. The summed E-state index contributed by atoms with van der Waals surface area (Å²) in [5, 5.41) is 25.9. The van der Waals surface area contributed by atoms with Gasteiger partial charge >= 0.3 is 5.91 Å². The highest BCUT2D eigenvalue weighted by Crippen LogP contribution is 2.40. The largest absolute Gasteiger partial charge is 0.493 e. The number of H-pyrrole nitrogens is 1. The minimum Gasteiger partial charge on any atom is -0.493 e. The van der Waals surface area contributed by atoms with E-state index in [9.17, 15) is 14.7 Å². The van der Waals surface area contributed by atoms with Gasteiger partial charge in [0.1, 0.15) is 0 Å². The van der Waals surface area contributed by atoms with Crippen LogP contribution in [0.25, 0.3) is 21.7 Å². The van der Waals surface area contributed by atoms with E-state index in [1.807, 2.05) is 32.0 Å². The quantitative estimate of drug-likeness (QED) is 0.525. The van der Waals surface area contributed by atoms with E-state index in [0.29, 0.717) is 16.2 Å². The van der Waals surface area contributed by atoms with Crippen molar-refractivity contribution >= 4 is 33.3 Å². The Hall–Kier alpha value is -3.81. The lowest BCUT2D eigenvalue weighted by atomic mass is 10.1. The number of aromatic hydroxyl groups is 1. The zero-order chi connectivity index (χ0) is 19.8. The third-order valence-corrected chi connectivity index (χ3v) is 4.51. The topological polar surface area (TPSA) is 113 Å². The monoisotopic (exact) mass is 375 g/mol. The fraction of sp³-hybridized carbons (Fsp3) is 0.150. The van der Waals surface area contributed by atoms with Crippen molar-refractivity contribution < 1.29 is 9.90 Å². The molecule has 4 aromatic rings. The number of carbonyl (C=O) groups is 1. The Morgan fingerprint density at radius 3 is 2.43 bits per heavy atom. The van der Waals surface area contributed by atoms with Crippen LogP contribution < -0.4 is 5.56 Å². The van der Waals surface area contributed by atoms with Crippen LogP contribution in [-0.2, 0) is 0 Å². The normalized spacial score (nSPS) is 11.8. The summed E-state index contributed by atoms with van der Waals surface area (Å²) in [7, 11) is 0. The van der Waals surface area contributed by atoms with Crippen molar-refractivity contribution in [1.82, 2.24) is 14.8 Å². The molecule has 140 valence electrons. The maximum Gasteiger partial charge on any atom is 0.316 e. The van der Waals surface area contributed by atoms with E-state index in [2.05, 4.69) is 20.4 Å². The molecule has 0 aliphatic rings. The zero-order valence-corrected chi connectivity index (χ0v) is 15.2. The van der Waals surface area contributed by atoms with Gasteiger partial charge in [0, 0.05) is 16.8 Å².